The first-order chi connectivity index (χ1) is 13.5. The van der Waals surface area contributed by atoms with E-state index in [4.69, 9.17) is 0 Å². The average molecular weight is 379 g/mol. The van der Waals surface area contributed by atoms with Gasteiger partial charge in [-0.1, -0.05) is 29.8 Å². The summed E-state index contributed by atoms with van der Waals surface area (Å²) in [6, 6.07) is 10.2. The number of hydrogen-bond acceptors (Lipinski definition) is 4. The largest absolute Gasteiger partial charge is 0.368 e. The van der Waals surface area contributed by atoms with Crippen LogP contribution in [0.5, 0.6) is 0 Å². The molecule has 4 aliphatic rings. The number of fused-ring (bicyclic) bond motifs is 5. The second kappa shape index (κ2) is 6.47. The molecule has 146 valence electrons. The number of hydrogen-bond donors (Lipinski definition) is 0. The molecule has 1 aromatic rings. The molecule has 2 aliphatic heterocycles. The molecule has 4 atom stereocenters. The summed E-state index contributed by atoms with van der Waals surface area (Å²) in [4.78, 5) is 43.8. The van der Waals surface area contributed by atoms with Crippen molar-refractivity contribution in [2.75, 3.05) is 37.6 Å². The van der Waals surface area contributed by atoms with Crippen LogP contribution in [0.4, 0.5) is 5.69 Å². The quantitative estimate of drug-likeness (QED) is 0.590. The standard InChI is InChI=1S/C22H25N3O3/c1-14-11-15-12-17(14)20-19(15)21(27)25(22(20)28)13-18(26)24-9-7-23(8-10-24)16-5-3-2-4-6-16/h2-6,11,15,17,19-20H,7-10,12-13H2,1H3/t15-,17+,19-,20-/m0/s1. The van der Waals surface area contributed by atoms with Crippen LogP contribution in [0.15, 0.2) is 42.0 Å². The van der Waals surface area contributed by atoms with Crippen molar-refractivity contribution in [3.63, 3.8) is 0 Å². The zero-order valence-corrected chi connectivity index (χ0v) is 16.1. The number of nitrogens with zero attached hydrogens (tertiary/aromatic N) is 3. The molecule has 6 heteroatoms. The van der Waals surface area contributed by atoms with Gasteiger partial charge in [0.25, 0.3) is 0 Å². The maximum absolute atomic E-state index is 12.9. The van der Waals surface area contributed by atoms with Gasteiger partial charge in [0.2, 0.25) is 17.7 Å². The van der Waals surface area contributed by atoms with Gasteiger partial charge in [0, 0.05) is 31.9 Å². The molecule has 0 unspecified atom stereocenters. The fraction of sp³-hybridized carbons (Fsp3) is 0.500. The van der Waals surface area contributed by atoms with Crippen molar-refractivity contribution in [3.8, 4) is 0 Å². The van der Waals surface area contributed by atoms with Gasteiger partial charge in [-0.3, -0.25) is 19.3 Å². The van der Waals surface area contributed by atoms with Crippen molar-refractivity contribution in [1.29, 1.82) is 0 Å². The molecule has 2 bridgehead atoms. The highest BCUT2D eigenvalue weighted by atomic mass is 16.2. The van der Waals surface area contributed by atoms with E-state index in [-0.39, 0.29) is 47.9 Å². The molecule has 2 saturated heterocycles. The molecule has 0 aromatic heterocycles. The Kier molecular flexibility index (Phi) is 4.03. The van der Waals surface area contributed by atoms with E-state index in [9.17, 15) is 14.4 Å². The Morgan fingerprint density at radius 1 is 1.00 bits per heavy atom. The van der Waals surface area contributed by atoms with Gasteiger partial charge in [0.05, 0.1) is 11.8 Å². The first-order valence-electron chi connectivity index (χ1n) is 10.2. The molecule has 2 heterocycles. The Labute approximate surface area is 164 Å². The first kappa shape index (κ1) is 17.5. The number of carbonyl (C=O) groups is 3. The topological polar surface area (TPSA) is 60.9 Å². The minimum atomic E-state index is -0.232. The van der Waals surface area contributed by atoms with Crippen molar-refractivity contribution < 1.29 is 14.4 Å². The number of imide groups is 1. The molecule has 28 heavy (non-hydrogen) atoms. The van der Waals surface area contributed by atoms with Crippen molar-refractivity contribution in [2.24, 2.45) is 23.7 Å². The maximum atomic E-state index is 12.9. The summed E-state index contributed by atoms with van der Waals surface area (Å²) in [5, 5.41) is 0. The van der Waals surface area contributed by atoms with E-state index in [2.05, 4.69) is 30.0 Å². The molecule has 0 spiro atoms. The highest BCUT2D eigenvalue weighted by Gasteiger charge is 2.60. The summed E-state index contributed by atoms with van der Waals surface area (Å²) < 4.78 is 0. The van der Waals surface area contributed by atoms with Crippen LogP contribution in [0.1, 0.15) is 13.3 Å². The Bertz CT molecular complexity index is 857. The molecule has 3 amide bonds. The average Bonchev–Trinajstić information content (AvgIpc) is 3.35. The van der Waals surface area contributed by atoms with Crippen LogP contribution in [0, 0.1) is 23.7 Å². The Morgan fingerprint density at radius 2 is 1.68 bits per heavy atom. The second-order valence-electron chi connectivity index (χ2n) is 8.43. The third kappa shape index (κ3) is 2.58. The number of piperazine rings is 1. The van der Waals surface area contributed by atoms with Gasteiger partial charge in [-0.15, -0.1) is 0 Å². The van der Waals surface area contributed by atoms with Crippen LogP contribution in [0.25, 0.3) is 0 Å². The van der Waals surface area contributed by atoms with Crippen molar-refractivity contribution in [3.05, 3.63) is 42.0 Å². The normalized spacial score (nSPS) is 31.5. The number of allylic oxidation sites excluding steroid dienone is 2. The minimum Gasteiger partial charge on any atom is -0.368 e. The number of benzene rings is 1. The van der Waals surface area contributed by atoms with Gasteiger partial charge in [-0.2, -0.15) is 0 Å². The van der Waals surface area contributed by atoms with Gasteiger partial charge in [-0.05, 0) is 37.3 Å². The van der Waals surface area contributed by atoms with E-state index in [1.165, 1.54) is 10.5 Å². The number of anilines is 1. The molecule has 3 fully saturated rings. The molecule has 2 aliphatic carbocycles. The van der Waals surface area contributed by atoms with Crippen molar-refractivity contribution in [1.82, 2.24) is 9.80 Å². The van der Waals surface area contributed by atoms with Crippen LogP contribution >= 0.6 is 0 Å². The summed E-state index contributed by atoms with van der Waals surface area (Å²) in [5.41, 5.74) is 2.39. The van der Waals surface area contributed by atoms with Gasteiger partial charge in [0.1, 0.15) is 6.54 Å². The Balaban J connectivity index is 1.21. The summed E-state index contributed by atoms with van der Waals surface area (Å²) in [5.74, 6) is -0.476. The van der Waals surface area contributed by atoms with Crippen LogP contribution < -0.4 is 4.90 Å². The fourth-order valence-electron chi connectivity index (χ4n) is 5.58. The van der Waals surface area contributed by atoms with E-state index in [1.54, 1.807) is 4.90 Å². The second-order valence-corrected chi connectivity index (χ2v) is 8.43. The van der Waals surface area contributed by atoms with Crippen molar-refractivity contribution >= 4 is 23.4 Å². The third-order valence-electron chi connectivity index (χ3n) is 7.02. The summed E-state index contributed by atoms with van der Waals surface area (Å²) in [7, 11) is 0. The Morgan fingerprint density at radius 3 is 2.39 bits per heavy atom. The van der Waals surface area contributed by atoms with Crippen LogP contribution in [-0.4, -0.2) is 60.2 Å². The smallest absolute Gasteiger partial charge is 0.242 e. The Hall–Kier alpha value is -2.63. The monoisotopic (exact) mass is 379 g/mol. The lowest BCUT2D eigenvalue weighted by molar-refractivity contribution is -0.147. The van der Waals surface area contributed by atoms with E-state index in [0.29, 0.717) is 13.1 Å². The summed E-state index contributed by atoms with van der Waals surface area (Å²) in [6.07, 6.45) is 3.08. The van der Waals surface area contributed by atoms with Gasteiger partial charge >= 0.3 is 0 Å². The molecule has 1 aromatic carbocycles. The molecule has 0 N–H and O–H groups in total. The number of rotatable bonds is 3. The molecular weight excluding hydrogens is 354 g/mol. The summed E-state index contributed by atoms with van der Waals surface area (Å²) >= 11 is 0. The van der Waals surface area contributed by atoms with Crippen LogP contribution in [-0.2, 0) is 14.4 Å². The van der Waals surface area contributed by atoms with Crippen LogP contribution in [0.3, 0.4) is 0 Å². The lowest BCUT2D eigenvalue weighted by Crippen LogP contribution is -2.52. The SMILES string of the molecule is CC1=C[C@H]2C[C@H]1[C@@H]1C(=O)N(CC(=O)N3CCN(c4ccccc4)CC3)C(=O)[C@H]12. The maximum Gasteiger partial charge on any atom is 0.242 e. The van der Waals surface area contributed by atoms with E-state index >= 15 is 0 Å². The first-order valence-corrected chi connectivity index (χ1v) is 10.2. The molecule has 1 saturated carbocycles. The number of amides is 3. The fourth-order valence-corrected chi connectivity index (χ4v) is 5.58. The third-order valence-corrected chi connectivity index (χ3v) is 7.02. The lowest BCUT2D eigenvalue weighted by atomic mass is 9.82. The van der Waals surface area contributed by atoms with Crippen molar-refractivity contribution in [2.45, 2.75) is 13.3 Å². The lowest BCUT2D eigenvalue weighted by Gasteiger charge is -2.36. The molecule has 5 rings (SSSR count). The zero-order valence-electron chi connectivity index (χ0n) is 16.1. The van der Waals surface area contributed by atoms with E-state index < -0.39 is 0 Å². The zero-order chi connectivity index (χ0) is 19.4. The predicted octanol–water partition coefficient (Wildman–Crippen LogP) is 1.53. The number of carbonyl (C=O) groups excluding carboxylic acids is 3. The van der Waals surface area contributed by atoms with E-state index in [0.717, 1.165) is 25.2 Å². The highest BCUT2D eigenvalue weighted by Crippen LogP contribution is 2.55. The molecule has 0 radical (unpaired) electrons. The van der Waals surface area contributed by atoms with Crippen LogP contribution in [0.2, 0.25) is 0 Å². The number of likely N-dealkylation sites (tertiary alicyclic amines) is 1. The molecule has 6 nitrogen and oxygen atoms in total. The van der Waals surface area contributed by atoms with Gasteiger partial charge in [-0.25, -0.2) is 0 Å². The highest BCUT2D eigenvalue weighted by molar-refractivity contribution is 6.08. The predicted molar refractivity (Wildman–Crippen MR) is 104 cm³/mol. The minimum absolute atomic E-state index is 0.103. The van der Waals surface area contributed by atoms with Gasteiger partial charge < -0.3 is 9.80 Å². The number of para-hydroxylation sites is 1. The summed E-state index contributed by atoms with van der Waals surface area (Å²) in [6.45, 7) is 4.70. The van der Waals surface area contributed by atoms with Gasteiger partial charge in [0.15, 0.2) is 0 Å². The molecular formula is C22H25N3O3. The van der Waals surface area contributed by atoms with E-state index in [1.807, 2.05) is 18.2 Å².